The highest BCUT2D eigenvalue weighted by molar-refractivity contribution is 7.98. The van der Waals surface area contributed by atoms with Crippen molar-refractivity contribution in [3.63, 3.8) is 0 Å². The molecule has 0 saturated heterocycles. The molecule has 3 aromatic rings. The fraction of sp³-hybridized carbons (Fsp3) is 0.167. The number of carbonyl (C=O) groups excluding carboxylic acids is 2. The highest BCUT2D eigenvalue weighted by Gasteiger charge is 2.13. The zero-order valence-corrected chi connectivity index (χ0v) is 17.9. The maximum atomic E-state index is 12.7. The van der Waals surface area contributed by atoms with E-state index in [0.29, 0.717) is 17.8 Å². The zero-order valence-electron chi connectivity index (χ0n) is 17.1. The van der Waals surface area contributed by atoms with Crippen molar-refractivity contribution in [2.75, 3.05) is 23.4 Å². The summed E-state index contributed by atoms with van der Waals surface area (Å²) in [6.45, 7) is 2.56. The Labute approximate surface area is 181 Å². The van der Waals surface area contributed by atoms with Crippen LogP contribution in [0.4, 0.5) is 11.4 Å². The van der Waals surface area contributed by atoms with Crippen LogP contribution in [0.15, 0.2) is 77.7 Å². The second-order valence-corrected chi connectivity index (χ2v) is 7.66. The Morgan fingerprint density at radius 3 is 2.27 bits per heavy atom. The van der Waals surface area contributed by atoms with E-state index in [4.69, 9.17) is 0 Å². The average molecular weight is 420 g/mol. The molecule has 154 valence electrons. The van der Waals surface area contributed by atoms with Crippen molar-refractivity contribution in [3.05, 3.63) is 89.5 Å². The van der Waals surface area contributed by atoms with E-state index >= 15 is 0 Å². The van der Waals surface area contributed by atoms with Crippen LogP contribution in [0, 0.1) is 6.92 Å². The average Bonchev–Trinajstić information content (AvgIpc) is 2.77. The van der Waals surface area contributed by atoms with E-state index in [1.54, 1.807) is 36.0 Å². The summed E-state index contributed by atoms with van der Waals surface area (Å²) >= 11 is 1.61. The summed E-state index contributed by atoms with van der Waals surface area (Å²) < 4.78 is 0. The van der Waals surface area contributed by atoms with Crippen LogP contribution < -0.4 is 16.0 Å². The van der Waals surface area contributed by atoms with Gasteiger partial charge in [0.2, 0.25) is 5.91 Å². The van der Waals surface area contributed by atoms with Gasteiger partial charge < -0.3 is 16.0 Å². The molecule has 0 unspecified atom stereocenters. The number of carbonyl (C=O) groups is 2. The molecule has 5 nitrogen and oxygen atoms in total. The first-order chi connectivity index (χ1) is 14.6. The third-order valence-corrected chi connectivity index (χ3v) is 5.36. The van der Waals surface area contributed by atoms with Gasteiger partial charge in [-0.15, -0.1) is 11.8 Å². The Kier molecular flexibility index (Phi) is 7.51. The maximum Gasteiger partial charge on any atom is 0.253 e. The van der Waals surface area contributed by atoms with Crippen LogP contribution in [0.5, 0.6) is 0 Å². The molecule has 0 heterocycles. The lowest BCUT2D eigenvalue weighted by molar-refractivity contribution is -0.114. The fourth-order valence-electron chi connectivity index (χ4n) is 2.93. The summed E-state index contributed by atoms with van der Waals surface area (Å²) in [6, 6.07) is 22.8. The molecule has 0 aromatic heterocycles. The number of anilines is 2. The van der Waals surface area contributed by atoms with Crippen LogP contribution >= 0.6 is 11.8 Å². The van der Waals surface area contributed by atoms with Crippen molar-refractivity contribution in [1.82, 2.24) is 5.32 Å². The summed E-state index contributed by atoms with van der Waals surface area (Å²) in [6.07, 6.45) is 1.99. The highest BCUT2D eigenvalue weighted by Crippen LogP contribution is 2.24. The first-order valence-corrected chi connectivity index (χ1v) is 10.9. The van der Waals surface area contributed by atoms with Crippen molar-refractivity contribution < 1.29 is 9.59 Å². The summed E-state index contributed by atoms with van der Waals surface area (Å²) in [7, 11) is 0. The molecule has 3 aromatic carbocycles. The van der Waals surface area contributed by atoms with E-state index < -0.39 is 0 Å². The summed E-state index contributed by atoms with van der Waals surface area (Å²) in [5.74, 6) is -0.447. The first-order valence-electron chi connectivity index (χ1n) is 9.66. The third-order valence-electron chi connectivity index (χ3n) is 4.57. The van der Waals surface area contributed by atoms with E-state index in [1.165, 1.54) is 5.56 Å². The van der Waals surface area contributed by atoms with Crippen LogP contribution in [0.3, 0.4) is 0 Å². The lowest BCUT2D eigenvalue weighted by Crippen LogP contribution is -2.26. The molecule has 3 N–H and O–H groups in total. The van der Waals surface area contributed by atoms with Crippen LogP contribution in [0.2, 0.25) is 0 Å². The minimum absolute atomic E-state index is 0.108. The Morgan fingerprint density at radius 1 is 0.867 bits per heavy atom. The van der Waals surface area contributed by atoms with Crippen molar-refractivity contribution in [2.45, 2.75) is 18.4 Å². The monoisotopic (exact) mass is 419 g/mol. The van der Waals surface area contributed by atoms with Gasteiger partial charge in [-0.25, -0.2) is 0 Å². The predicted molar refractivity (Wildman–Crippen MR) is 124 cm³/mol. The molecule has 0 spiro atoms. The first kappa shape index (κ1) is 21.5. The number of benzene rings is 3. The lowest BCUT2D eigenvalue weighted by atomic mass is 10.1. The van der Waals surface area contributed by atoms with E-state index in [0.717, 1.165) is 16.1 Å². The Morgan fingerprint density at radius 2 is 1.53 bits per heavy atom. The van der Waals surface area contributed by atoms with E-state index in [1.807, 2.05) is 61.7 Å². The van der Waals surface area contributed by atoms with E-state index in [2.05, 4.69) is 16.0 Å². The number of hydrogen-bond donors (Lipinski definition) is 3. The molecule has 0 aliphatic rings. The molecule has 6 heteroatoms. The normalized spacial score (nSPS) is 10.3. The number of hydrogen-bond acceptors (Lipinski definition) is 4. The molecule has 0 atom stereocenters. The van der Waals surface area contributed by atoms with Gasteiger partial charge in [-0.05, 0) is 43.0 Å². The Bertz CT molecular complexity index is 1020. The van der Waals surface area contributed by atoms with Crippen LogP contribution in [0.25, 0.3) is 0 Å². The van der Waals surface area contributed by atoms with Crippen molar-refractivity contribution >= 4 is 35.0 Å². The van der Waals surface area contributed by atoms with Gasteiger partial charge in [-0.3, -0.25) is 9.59 Å². The fourth-order valence-corrected chi connectivity index (χ4v) is 3.51. The van der Waals surface area contributed by atoms with Crippen molar-refractivity contribution in [1.29, 1.82) is 0 Å². The molecule has 0 fully saturated rings. The Hall–Kier alpha value is -3.25. The summed E-state index contributed by atoms with van der Waals surface area (Å²) in [4.78, 5) is 26.2. The van der Waals surface area contributed by atoms with Gasteiger partial charge in [0.05, 0.1) is 17.8 Å². The number of amides is 2. The topological polar surface area (TPSA) is 70.2 Å². The van der Waals surface area contributed by atoms with Gasteiger partial charge in [0.15, 0.2) is 0 Å². The summed E-state index contributed by atoms with van der Waals surface area (Å²) in [5.41, 5.74) is 4.02. The SMILES string of the molecule is CSc1ccccc1NCC(=O)Nc1ccccc1C(=O)NCc1ccc(C)cc1. The molecule has 2 amide bonds. The van der Waals surface area contributed by atoms with Crippen LogP contribution in [-0.4, -0.2) is 24.6 Å². The molecule has 0 bridgehead atoms. The minimum Gasteiger partial charge on any atom is -0.375 e. The number of aryl methyl sites for hydroxylation is 1. The van der Waals surface area contributed by atoms with Gasteiger partial charge in [-0.1, -0.05) is 54.1 Å². The maximum absolute atomic E-state index is 12.7. The van der Waals surface area contributed by atoms with Crippen molar-refractivity contribution in [3.8, 4) is 0 Å². The minimum atomic E-state index is -0.229. The quantitative estimate of drug-likeness (QED) is 0.463. The largest absolute Gasteiger partial charge is 0.375 e. The summed E-state index contributed by atoms with van der Waals surface area (Å²) in [5, 5.41) is 8.90. The molecule has 0 aliphatic carbocycles. The number of nitrogens with one attached hydrogen (secondary N) is 3. The van der Waals surface area contributed by atoms with Crippen molar-refractivity contribution in [2.24, 2.45) is 0 Å². The second kappa shape index (κ2) is 10.5. The molecular weight excluding hydrogens is 394 g/mol. The lowest BCUT2D eigenvalue weighted by Gasteiger charge is -2.13. The smallest absolute Gasteiger partial charge is 0.253 e. The molecule has 30 heavy (non-hydrogen) atoms. The van der Waals surface area contributed by atoms with E-state index in [9.17, 15) is 9.59 Å². The number of thioether (sulfide) groups is 1. The van der Waals surface area contributed by atoms with E-state index in [-0.39, 0.29) is 18.4 Å². The molecule has 0 radical (unpaired) electrons. The molecule has 0 saturated carbocycles. The second-order valence-electron chi connectivity index (χ2n) is 6.82. The van der Waals surface area contributed by atoms with Crippen LogP contribution in [-0.2, 0) is 11.3 Å². The molecule has 3 rings (SSSR count). The van der Waals surface area contributed by atoms with Crippen LogP contribution in [0.1, 0.15) is 21.5 Å². The number of rotatable bonds is 8. The van der Waals surface area contributed by atoms with Gasteiger partial charge in [0, 0.05) is 17.1 Å². The third kappa shape index (κ3) is 5.87. The Balaban J connectivity index is 1.60. The van der Waals surface area contributed by atoms with Gasteiger partial charge in [0.1, 0.15) is 0 Å². The zero-order chi connectivity index (χ0) is 21.3. The molecule has 0 aliphatic heterocycles. The molecular formula is C24H25N3O2S. The van der Waals surface area contributed by atoms with Gasteiger partial charge in [-0.2, -0.15) is 0 Å². The van der Waals surface area contributed by atoms with Gasteiger partial charge in [0.25, 0.3) is 5.91 Å². The standard InChI is InChI=1S/C24H25N3O2S/c1-17-11-13-18(14-12-17)15-26-24(29)19-7-3-4-8-20(19)27-23(28)16-25-21-9-5-6-10-22(21)30-2/h3-14,25H,15-16H2,1-2H3,(H,26,29)(H,27,28). The van der Waals surface area contributed by atoms with Gasteiger partial charge >= 0.3 is 0 Å². The predicted octanol–water partition coefficient (Wildman–Crippen LogP) is 4.70. The highest BCUT2D eigenvalue weighted by atomic mass is 32.2. The number of para-hydroxylation sites is 2.